The van der Waals surface area contributed by atoms with Gasteiger partial charge in [-0.3, -0.25) is 19.2 Å². The molecule has 0 radical (unpaired) electrons. The minimum absolute atomic E-state index is 0.0913. The van der Waals surface area contributed by atoms with E-state index >= 15 is 0 Å². The Morgan fingerprint density at radius 1 is 0.844 bits per heavy atom. The van der Waals surface area contributed by atoms with Gasteiger partial charge in [0, 0.05) is 5.69 Å². The Morgan fingerprint density at radius 2 is 1.59 bits per heavy atom. The molecule has 0 fully saturated rings. The molecule has 3 amide bonds. The van der Waals surface area contributed by atoms with Crippen LogP contribution in [0.2, 0.25) is 0 Å². The topological polar surface area (TPSA) is 112 Å². The number of nitrogens with one attached hydrogen (secondary N) is 2. The zero-order valence-corrected chi connectivity index (χ0v) is 16.5. The van der Waals surface area contributed by atoms with Gasteiger partial charge < -0.3 is 14.7 Å². The molecular weight excluding hydrogens is 410 g/mol. The summed E-state index contributed by atoms with van der Waals surface area (Å²) in [5.41, 5.74) is 1.09. The van der Waals surface area contributed by atoms with E-state index in [-0.39, 0.29) is 5.56 Å². The lowest BCUT2D eigenvalue weighted by Gasteiger charge is -2.15. The van der Waals surface area contributed by atoms with Gasteiger partial charge in [-0.15, -0.1) is 0 Å². The summed E-state index contributed by atoms with van der Waals surface area (Å²) in [5, 5.41) is 2.64. The molecule has 0 spiro atoms. The molecule has 32 heavy (non-hydrogen) atoms. The number of anilines is 2. The second kappa shape index (κ2) is 7.51. The molecule has 2 aromatic heterocycles. The number of aromatic amines is 1. The number of H-pyrrole nitrogens is 1. The van der Waals surface area contributed by atoms with Crippen LogP contribution in [0.25, 0.3) is 11.5 Å². The summed E-state index contributed by atoms with van der Waals surface area (Å²) in [6, 6.07) is 19.3. The fourth-order valence-electron chi connectivity index (χ4n) is 3.57. The number of pyridine rings is 1. The molecule has 4 aromatic rings. The summed E-state index contributed by atoms with van der Waals surface area (Å²) in [4.78, 5) is 54.1. The zero-order valence-electron chi connectivity index (χ0n) is 16.5. The molecule has 0 saturated heterocycles. The summed E-state index contributed by atoms with van der Waals surface area (Å²) in [5.74, 6) is -1.02. The Morgan fingerprint density at radius 3 is 2.25 bits per heavy atom. The maximum atomic E-state index is 12.7. The predicted molar refractivity (Wildman–Crippen MR) is 117 cm³/mol. The average molecular weight is 425 g/mol. The standard InChI is InChI=1S/C24H15N3O5/c28-21(18-10-11-19(26-22(18)29)20-9-4-12-32-20)25-14-5-3-6-15(13-14)27-23(30)16-7-1-2-8-17(16)24(27)31/h1-13H,(H,25,28)(H,26,29). The fourth-order valence-corrected chi connectivity index (χ4v) is 3.57. The summed E-state index contributed by atoms with van der Waals surface area (Å²) in [7, 11) is 0. The van der Waals surface area contributed by atoms with Crippen LogP contribution in [0.15, 0.2) is 88.3 Å². The summed E-state index contributed by atoms with van der Waals surface area (Å²) < 4.78 is 5.24. The van der Waals surface area contributed by atoms with Gasteiger partial charge in [0.25, 0.3) is 23.3 Å². The molecule has 0 bridgehead atoms. The third-order valence-corrected chi connectivity index (χ3v) is 5.10. The van der Waals surface area contributed by atoms with Crippen molar-refractivity contribution in [2.24, 2.45) is 0 Å². The number of hydrogen-bond acceptors (Lipinski definition) is 5. The van der Waals surface area contributed by atoms with E-state index in [1.54, 1.807) is 60.7 Å². The third-order valence-electron chi connectivity index (χ3n) is 5.10. The number of carbonyl (C=O) groups is 3. The van der Waals surface area contributed by atoms with Crippen LogP contribution in [-0.2, 0) is 0 Å². The second-order valence-corrected chi connectivity index (χ2v) is 7.09. The number of nitrogens with zero attached hydrogens (tertiary/aromatic N) is 1. The van der Waals surface area contributed by atoms with Crippen LogP contribution in [0.3, 0.4) is 0 Å². The van der Waals surface area contributed by atoms with Crippen molar-refractivity contribution in [3.63, 3.8) is 0 Å². The van der Waals surface area contributed by atoms with Gasteiger partial charge in [0.1, 0.15) is 11.3 Å². The maximum Gasteiger partial charge on any atom is 0.266 e. The molecule has 1 aliphatic heterocycles. The quantitative estimate of drug-likeness (QED) is 0.484. The van der Waals surface area contributed by atoms with Gasteiger partial charge >= 0.3 is 0 Å². The number of benzene rings is 2. The first-order valence-corrected chi connectivity index (χ1v) is 9.69. The molecule has 156 valence electrons. The number of rotatable bonds is 4. The van der Waals surface area contributed by atoms with Gasteiger partial charge in [0.05, 0.1) is 28.8 Å². The molecule has 3 heterocycles. The fraction of sp³-hybridized carbons (Fsp3) is 0. The van der Waals surface area contributed by atoms with Crippen LogP contribution in [0.1, 0.15) is 31.1 Å². The van der Waals surface area contributed by atoms with Crippen molar-refractivity contribution >= 4 is 29.1 Å². The monoisotopic (exact) mass is 425 g/mol. The van der Waals surface area contributed by atoms with Crippen molar-refractivity contribution in [1.29, 1.82) is 0 Å². The summed E-state index contributed by atoms with van der Waals surface area (Å²) in [6.07, 6.45) is 1.48. The molecule has 1 aliphatic rings. The Bertz CT molecular complexity index is 1400. The van der Waals surface area contributed by atoms with Crippen LogP contribution in [0, 0.1) is 0 Å². The summed E-state index contributed by atoms with van der Waals surface area (Å²) >= 11 is 0. The molecular formula is C24H15N3O5. The van der Waals surface area contributed by atoms with Crippen molar-refractivity contribution in [1.82, 2.24) is 4.98 Å². The molecule has 0 unspecified atom stereocenters. The molecule has 0 atom stereocenters. The minimum Gasteiger partial charge on any atom is -0.463 e. The molecule has 0 saturated carbocycles. The van der Waals surface area contributed by atoms with Crippen LogP contribution in [-0.4, -0.2) is 22.7 Å². The second-order valence-electron chi connectivity index (χ2n) is 7.09. The first-order valence-electron chi connectivity index (χ1n) is 9.69. The van der Waals surface area contributed by atoms with E-state index < -0.39 is 23.3 Å². The first kappa shape index (κ1) is 19.3. The van der Waals surface area contributed by atoms with Crippen LogP contribution in [0.5, 0.6) is 0 Å². The lowest BCUT2D eigenvalue weighted by Crippen LogP contribution is -2.29. The predicted octanol–water partition coefficient (Wildman–Crippen LogP) is 3.69. The van der Waals surface area contributed by atoms with Gasteiger partial charge in [0.2, 0.25) is 0 Å². The van der Waals surface area contributed by atoms with Crippen LogP contribution in [0.4, 0.5) is 11.4 Å². The molecule has 2 aromatic carbocycles. The van der Waals surface area contributed by atoms with E-state index in [1.807, 2.05) is 0 Å². The van der Waals surface area contributed by atoms with E-state index in [0.29, 0.717) is 34.0 Å². The van der Waals surface area contributed by atoms with E-state index in [9.17, 15) is 19.2 Å². The van der Waals surface area contributed by atoms with E-state index in [1.165, 1.54) is 18.4 Å². The Labute approximate surface area is 181 Å². The maximum absolute atomic E-state index is 12.7. The minimum atomic E-state index is -0.628. The number of amides is 3. The highest BCUT2D eigenvalue weighted by Gasteiger charge is 2.36. The SMILES string of the molecule is O=C(Nc1cccc(N2C(=O)c3ccccc3C2=O)c1)c1ccc(-c2ccco2)[nH]c1=O. The Kier molecular flexibility index (Phi) is 4.52. The van der Waals surface area contributed by atoms with Crippen molar-refractivity contribution in [2.75, 3.05) is 10.2 Å². The van der Waals surface area contributed by atoms with Crippen molar-refractivity contribution in [3.8, 4) is 11.5 Å². The Balaban J connectivity index is 1.39. The van der Waals surface area contributed by atoms with E-state index in [2.05, 4.69) is 10.3 Å². The normalized spacial score (nSPS) is 12.7. The highest BCUT2D eigenvalue weighted by molar-refractivity contribution is 6.34. The summed E-state index contributed by atoms with van der Waals surface area (Å²) in [6.45, 7) is 0. The van der Waals surface area contributed by atoms with Crippen LogP contribution < -0.4 is 15.8 Å². The number of carbonyl (C=O) groups excluding carboxylic acids is 3. The molecule has 5 rings (SSSR count). The number of fused-ring (bicyclic) bond motifs is 1. The lowest BCUT2D eigenvalue weighted by molar-refractivity contribution is 0.0925. The van der Waals surface area contributed by atoms with Gasteiger partial charge in [-0.25, -0.2) is 4.90 Å². The number of aromatic nitrogens is 1. The molecule has 8 nitrogen and oxygen atoms in total. The molecule has 8 heteroatoms. The van der Waals surface area contributed by atoms with E-state index in [0.717, 1.165) is 4.90 Å². The highest BCUT2D eigenvalue weighted by Crippen LogP contribution is 2.29. The molecule has 2 N–H and O–H groups in total. The molecule has 0 aliphatic carbocycles. The van der Waals surface area contributed by atoms with Gasteiger partial charge in [-0.05, 0) is 54.6 Å². The largest absolute Gasteiger partial charge is 0.463 e. The van der Waals surface area contributed by atoms with Crippen molar-refractivity contribution < 1.29 is 18.8 Å². The van der Waals surface area contributed by atoms with Gasteiger partial charge in [-0.2, -0.15) is 0 Å². The third kappa shape index (κ3) is 3.20. The zero-order chi connectivity index (χ0) is 22.2. The van der Waals surface area contributed by atoms with E-state index in [4.69, 9.17) is 4.42 Å². The first-order chi connectivity index (χ1) is 15.5. The van der Waals surface area contributed by atoms with Gasteiger partial charge in [-0.1, -0.05) is 18.2 Å². The lowest BCUT2D eigenvalue weighted by atomic mass is 10.1. The van der Waals surface area contributed by atoms with Crippen LogP contribution >= 0.6 is 0 Å². The van der Waals surface area contributed by atoms with Gasteiger partial charge in [0.15, 0.2) is 0 Å². The average Bonchev–Trinajstić information content (AvgIpc) is 3.42. The number of furan rings is 1. The smallest absolute Gasteiger partial charge is 0.266 e. The highest BCUT2D eigenvalue weighted by atomic mass is 16.3. The van der Waals surface area contributed by atoms with Crippen molar-refractivity contribution in [3.05, 3.63) is 106 Å². The Hall–Kier alpha value is -4.72. The number of hydrogen-bond donors (Lipinski definition) is 2. The van der Waals surface area contributed by atoms with Crippen molar-refractivity contribution in [2.45, 2.75) is 0 Å². The number of imide groups is 1.